The Labute approximate surface area is 181 Å². The maximum atomic E-state index is 2.50. The molecule has 0 N–H and O–H groups in total. The zero-order chi connectivity index (χ0) is 20.8. The van der Waals surface area contributed by atoms with Crippen LogP contribution in [0.15, 0.2) is 42.5 Å². The summed E-state index contributed by atoms with van der Waals surface area (Å²) in [7, 11) is 0. The van der Waals surface area contributed by atoms with Gasteiger partial charge in [-0.15, -0.1) is 0 Å². The Hall–Kier alpha value is -2.38. The van der Waals surface area contributed by atoms with Gasteiger partial charge in [0.05, 0.1) is 0 Å². The highest BCUT2D eigenvalue weighted by Gasteiger charge is 2.32. The van der Waals surface area contributed by atoms with Crippen molar-refractivity contribution in [1.82, 2.24) is 4.90 Å². The van der Waals surface area contributed by atoms with E-state index in [0.29, 0.717) is 0 Å². The van der Waals surface area contributed by atoms with Gasteiger partial charge in [0.15, 0.2) is 0 Å². The number of hydrogen-bond acceptors (Lipinski definition) is 1. The Balaban J connectivity index is 1.67. The van der Waals surface area contributed by atoms with Crippen LogP contribution in [0.5, 0.6) is 0 Å². The Kier molecular flexibility index (Phi) is 5.03. The van der Waals surface area contributed by atoms with E-state index in [1.165, 1.54) is 27.8 Å². The summed E-state index contributed by atoms with van der Waals surface area (Å²) in [6, 6.07) is 16.4. The number of fused-ring (bicyclic) bond motifs is 7. The van der Waals surface area contributed by atoms with Crippen LogP contribution >= 0.6 is 0 Å². The molecule has 3 aromatic rings. The molecule has 0 atom stereocenters. The van der Waals surface area contributed by atoms with Gasteiger partial charge in [0, 0.05) is 6.54 Å². The van der Waals surface area contributed by atoms with Crippen molar-refractivity contribution in [2.45, 2.75) is 59.9 Å². The molecule has 0 fully saturated rings. The SMILES string of the molecule is CCc1c(CC)c2c(c3c1-c1ccccc1C3)Cc1cc(CN(CC)CC)ccc1-2. The van der Waals surface area contributed by atoms with E-state index < -0.39 is 0 Å². The highest BCUT2D eigenvalue weighted by molar-refractivity contribution is 5.91. The lowest BCUT2D eigenvalue weighted by Gasteiger charge is -2.20. The molecule has 0 unspecified atom stereocenters. The Morgan fingerprint density at radius 1 is 0.700 bits per heavy atom. The van der Waals surface area contributed by atoms with E-state index in [1.54, 1.807) is 33.4 Å². The fourth-order valence-corrected chi connectivity index (χ4v) is 5.93. The third kappa shape index (κ3) is 2.87. The van der Waals surface area contributed by atoms with E-state index in [9.17, 15) is 0 Å². The summed E-state index contributed by atoms with van der Waals surface area (Å²) in [6.45, 7) is 12.5. The van der Waals surface area contributed by atoms with Crippen molar-refractivity contribution in [3.8, 4) is 22.3 Å². The van der Waals surface area contributed by atoms with Crippen molar-refractivity contribution in [3.05, 3.63) is 81.4 Å². The zero-order valence-corrected chi connectivity index (χ0v) is 18.9. The second kappa shape index (κ2) is 7.71. The highest BCUT2D eigenvalue weighted by Crippen LogP contribution is 2.50. The molecule has 1 heteroatoms. The van der Waals surface area contributed by atoms with Crippen molar-refractivity contribution >= 4 is 0 Å². The number of hydrogen-bond donors (Lipinski definition) is 0. The first-order chi connectivity index (χ1) is 14.7. The highest BCUT2D eigenvalue weighted by atomic mass is 15.1. The van der Waals surface area contributed by atoms with Gasteiger partial charge in [-0.2, -0.15) is 0 Å². The predicted molar refractivity (Wildman–Crippen MR) is 128 cm³/mol. The minimum absolute atomic E-state index is 1.06. The van der Waals surface area contributed by atoms with Gasteiger partial charge in [0.2, 0.25) is 0 Å². The van der Waals surface area contributed by atoms with Crippen LogP contribution in [0.4, 0.5) is 0 Å². The summed E-state index contributed by atoms with van der Waals surface area (Å²) in [5.74, 6) is 0. The molecule has 0 aromatic heterocycles. The second-order valence-corrected chi connectivity index (χ2v) is 8.83. The van der Waals surface area contributed by atoms with Gasteiger partial charge < -0.3 is 0 Å². The first-order valence-electron chi connectivity index (χ1n) is 11.8. The molecule has 154 valence electrons. The quantitative estimate of drug-likeness (QED) is 0.306. The van der Waals surface area contributed by atoms with Crippen LogP contribution in [0.1, 0.15) is 66.6 Å². The standard InChI is InChI=1S/C29H33N/c1-5-22-23(6-2)29-25-14-13-19(18-30(7-3)8-4)15-21(25)17-27(29)26-16-20-11-9-10-12-24(20)28(22)26/h9-15H,5-8,16-18H2,1-4H3. The van der Waals surface area contributed by atoms with Crippen LogP contribution in [0.2, 0.25) is 0 Å². The van der Waals surface area contributed by atoms with Crippen LogP contribution in [0.25, 0.3) is 22.3 Å². The second-order valence-electron chi connectivity index (χ2n) is 8.83. The van der Waals surface area contributed by atoms with Crippen molar-refractivity contribution in [3.63, 3.8) is 0 Å². The molecule has 0 radical (unpaired) electrons. The van der Waals surface area contributed by atoms with Gasteiger partial charge in [-0.1, -0.05) is 70.2 Å². The zero-order valence-electron chi connectivity index (χ0n) is 18.9. The maximum Gasteiger partial charge on any atom is 0.0233 e. The molecule has 0 heterocycles. The van der Waals surface area contributed by atoms with Gasteiger partial charge in [-0.3, -0.25) is 4.90 Å². The average Bonchev–Trinajstić information content (AvgIpc) is 3.35. The normalized spacial score (nSPS) is 13.4. The molecule has 5 rings (SSSR count). The Morgan fingerprint density at radius 2 is 1.30 bits per heavy atom. The maximum absolute atomic E-state index is 2.50. The van der Waals surface area contributed by atoms with Crippen molar-refractivity contribution in [1.29, 1.82) is 0 Å². The fraction of sp³-hybridized carbons (Fsp3) is 0.379. The smallest absolute Gasteiger partial charge is 0.0233 e. The summed E-state index contributed by atoms with van der Waals surface area (Å²) < 4.78 is 0. The summed E-state index contributed by atoms with van der Waals surface area (Å²) >= 11 is 0. The van der Waals surface area contributed by atoms with Crippen LogP contribution in [-0.4, -0.2) is 18.0 Å². The third-order valence-corrected chi connectivity index (χ3v) is 7.40. The van der Waals surface area contributed by atoms with Gasteiger partial charge in [-0.25, -0.2) is 0 Å². The molecule has 0 aliphatic heterocycles. The van der Waals surface area contributed by atoms with Crippen LogP contribution in [-0.2, 0) is 32.2 Å². The number of nitrogens with zero attached hydrogens (tertiary/aromatic N) is 1. The lowest BCUT2D eigenvalue weighted by Crippen LogP contribution is -2.22. The molecule has 0 saturated heterocycles. The molecule has 0 amide bonds. The monoisotopic (exact) mass is 395 g/mol. The third-order valence-electron chi connectivity index (χ3n) is 7.40. The first kappa shape index (κ1) is 19.6. The molecule has 0 saturated carbocycles. The van der Waals surface area contributed by atoms with Crippen LogP contribution in [0, 0.1) is 0 Å². The molecule has 3 aromatic carbocycles. The summed E-state index contributed by atoms with van der Waals surface area (Å²) in [5.41, 5.74) is 17.1. The van der Waals surface area contributed by atoms with Gasteiger partial charge in [-0.05, 0) is 100.0 Å². The van der Waals surface area contributed by atoms with Crippen molar-refractivity contribution in [2.24, 2.45) is 0 Å². The van der Waals surface area contributed by atoms with Crippen molar-refractivity contribution < 1.29 is 0 Å². The summed E-state index contributed by atoms with van der Waals surface area (Å²) in [6.07, 6.45) is 4.43. The number of benzene rings is 3. The molecular weight excluding hydrogens is 362 g/mol. The predicted octanol–water partition coefficient (Wildman–Crippen LogP) is 6.80. The van der Waals surface area contributed by atoms with Gasteiger partial charge >= 0.3 is 0 Å². The van der Waals surface area contributed by atoms with Crippen molar-refractivity contribution in [2.75, 3.05) is 13.1 Å². The summed E-state index contributed by atoms with van der Waals surface area (Å²) in [5, 5.41) is 0. The van der Waals surface area contributed by atoms with Crippen LogP contribution < -0.4 is 0 Å². The molecule has 2 aliphatic rings. The molecule has 0 bridgehead atoms. The van der Waals surface area contributed by atoms with E-state index in [-0.39, 0.29) is 0 Å². The molecule has 30 heavy (non-hydrogen) atoms. The van der Waals surface area contributed by atoms with E-state index >= 15 is 0 Å². The van der Waals surface area contributed by atoms with E-state index in [1.807, 2.05) is 0 Å². The van der Waals surface area contributed by atoms with Gasteiger partial charge in [0.25, 0.3) is 0 Å². The average molecular weight is 396 g/mol. The molecular formula is C29H33N. The molecule has 2 aliphatic carbocycles. The lowest BCUT2D eigenvalue weighted by atomic mass is 9.84. The van der Waals surface area contributed by atoms with E-state index in [0.717, 1.165) is 45.3 Å². The van der Waals surface area contributed by atoms with Gasteiger partial charge in [0.1, 0.15) is 0 Å². The lowest BCUT2D eigenvalue weighted by molar-refractivity contribution is 0.296. The fourth-order valence-electron chi connectivity index (χ4n) is 5.93. The van der Waals surface area contributed by atoms with E-state index in [4.69, 9.17) is 0 Å². The largest absolute Gasteiger partial charge is 0.300 e. The Morgan fingerprint density at radius 3 is 1.93 bits per heavy atom. The molecule has 0 spiro atoms. The molecule has 1 nitrogen and oxygen atoms in total. The summed E-state index contributed by atoms with van der Waals surface area (Å²) in [4.78, 5) is 2.50. The topological polar surface area (TPSA) is 3.24 Å². The van der Waals surface area contributed by atoms with Crippen LogP contribution in [0.3, 0.4) is 0 Å². The number of rotatable bonds is 6. The Bertz CT molecular complexity index is 1120. The minimum atomic E-state index is 1.06. The first-order valence-corrected chi connectivity index (χ1v) is 11.8. The van der Waals surface area contributed by atoms with E-state index in [2.05, 4.69) is 75.1 Å². The minimum Gasteiger partial charge on any atom is -0.300 e.